The van der Waals surface area contributed by atoms with Crippen molar-refractivity contribution in [3.8, 4) is 0 Å². The van der Waals surface area contributed by atoms with Gasteiger partial charge in [0, 0.05) is 10.6 Å². The summed E-state index contributed by atoms with van der Waals surface area (Å²) in [5.74, 6) is -0.896. The van der Waals surface area contributed by atoms with Crippen molar-refractivity contribution in [2.45, 2.75) is 43.7 Å². The highest BCUT2D eigenvalue weighted by atomic mass is 32.2. The summed E-state index contributed by atoms with van der Waals surface area (Å²) in [5, 5.41) is 12.3. The van der Waals surface area contributed by atoms with E-state index in [1.807, 2.05) is 19.9 Å². The molecular formula is C17H25NO5S. The lowest BCUT2D eigenvalue weighted by molar-refractivity contribution is -0.146. The van der Waals surface area contributed by atoms with Gasteiger partial charge < -0.3 is 15.2 Å². The molecule has 0 saturated carbocycles. The highest BCUT2D eigenvalue weighted by Crippen LogP contribution is 2.09. The first-order valence-corrected chi connectivity index (χ1v) is 9.16. The Kier molecular flexibility index (Phi) is 8.63. The Hall–Kier alpha value is -1.73. The lowest BCUT2D eigenvalue weighted by Crippen LogP contribution is -2.46. The molecule has 0 saturated heterocycles. The van der Waals surface area contributed by atoms with Gasteiger partial charge in [-0.1, -0.05) is 32.0 Å². The van der Waals surface area contributed by atoms with Crippen molar-refractivity contribution in [1.82, 2.24) is 5.32 Å². The number of hydrogen-bond donors (Lipinski definition) is 2. The molecule has 0 spiro atoms. The Bertz CT molecular complexity index is 561. The molecule has 0 bridgehead atoms. The highest BCUT2D eigenvalue weighted by molar-refractivity contribution is 7.85. The van der Waals surface area contributed by atoms with Gasteiger partial charge in [0.05, 0.1) is 17.9 Å². The number of methoxy groups -OCH3 is 1. The number of esters is 1. The van der Waals surface area contributed by atoms with Gasteiger partial charge in [-0.2, -0.15) is 0 Å². The van der Waals surface area contributed by atoms with Crippen LogP contribution in [0.4, 0.5) is 0 Å². The number of hydrogen-bond acceptors (Lipinski definition) is 5. The molecule has 0 unspecified atom stereocenters. The van der Waals surface area contributed by atoms with Crippen LogP contribution in [-0.4, -0.2) is 46.2 Å². The lowest BCUT2D eigenvalue weighted by atomic mass is 10.1. The topological polar surface area (TPSA) is 92.7 Å². The van der Waals surface area contributed by atoms with E-state index in [2.05, 4.69) is 10.1 Å². The average molecular weight is 355 g/mol. The van der Waals surface area contributed by atoms with Gasteiger partial charge in [-0.05, 0) is 30.9 Å². The molecule has 0 aliphatic carbocycles. The highest BCUT2D eigenvalue weighted by Gasteiger charge is 2.26. The van der Waals surface area contributed by atoms with Gasteiger partial charge in [0.1, 0.15) is 12.1 Å². The van der Waals surface area contributed by atoms with Crippen molar-refractivity contribution in [3.63, 3.8) is 0 Å². The number of amides is 1. The zero-order valence-electron chi connectivity index (χ0n) is 14.2. The van der Waals surface area contributed by atoms with E-state index in [9.17, 15) is 18.9 Å². The van der Waals surface area contributed by atoms with E-state index < -0.39 is 34.8 Å². The molecule has 6 nitrogen and oxygen atoms in total. The zero-order valence-corrected chi connectivity index (χ0v) is 15.0. The number of benzene rings is 1. The first-order chi connectivity index (χ1) is 11.3. The smallest absolute Gasteiger partial charge is 0.328 e. The first-order valence-electron chi connectivity index (χ1n) is 7.84. The molecule has 1 aromatic carbocycles. The monoisotopic (exact) mass is 355 g/mol. The molecule has 24 heavy (non-hydrogen) atoms. The maximum atomic E-state index is 12.2. The Balaban J connectivity index is 2.64. The maximum Gasteiger partial charge on any atom is 0.328 e. The fourth-order valence-corrected chi connectivity index (χ4v) is 3.27. The van der Waals surface area contributed by atoms with E-state index in [1.165, 1.54) is 7.11 Å². The van der Waals surface area contributed by atoms with Crippen LogP contribution in [0.2, 0.25) is 0 Å². The second-order valence-corrected chi connectivity index (χ2v) is 7.45. The Morgan fingerprint density at radius 2 is 1.88 bits per heavy atom. The van der Waals surface area contributed by atoms with Gasteiger partial charge in [0.25, 0.3) is 0 Å². The van der Waals surface area contributed by atoms with Crippen molar-refractivity contribution in [2.75, 3.05) is 12.9 Å². The SMILES string of the molecule is COC(=O)[C@H](CC[S@@](=O)c1ccccc1)NC(=O)[C@H](O)CC(C)C. The molecule has 7 heteroatoms. The van der Waals surface area contributed by atoms with Crippen molar-refractivity contribution >= 4 is 22.7 Å². The molecule has 2 N–H and O–H groups in total. The minimum Gasteiger partial charge on any atom is -0.467 e. The van der Waals surface area contributed by atoms with E-state index in [-0.39, 0.29) is 18.1 Å². The zero-order chi connectivity index (χ0) is 18.1. The van der Waals surface area contributed by atoms with Crippen LogP contribution in [0.5, 0.6) is 0 Å². The summed E-state index contributed by atoms with van der Waals surface area (Å²) in [6.07, 6.45) is -0.721. The molecule has 0 fully saturated rings. The molecule has 0 aliphatic heterocycles. The minimum atomic E-state index is -1.28. The second kappa shape index (κ2) is 10.2. The van der Waals surface area contributed by atoms with Gasteiger partial charge in [0.2, 0.25) is 5.91 Å². The summed E-state index contributed by atoms with van der Waals surface area (Å²) in [6.45, 7) is 3.77. The number of carbonyl (C=O) groups is 2. The van der Waals surface area contributed by atoms with Crippen LogP contribution in [0.25, 0.3) is 0 Å². The number of ether oxygens (including phenoxy) is 1. The number of aliphatic hydroxyl groups is 1. The quantitative estimate of drug-likeness (QED) is 0.650. The standard InChI is InChI=1S/C17H25NO5S/c1-12(2)11-15(19)16(20)18-14(17(21)23-3)9-10-24(22)13-7-5-4-6-8-13/h4-8,12,14-15,19H,9-11H2,1-3H3,(H,18,20)/t14-,15+,24+/m0/s1. The Labute approximate surface area is 145 Å². The van der Waals surface area contributed by atoms with Crippen molar-refractivity contribution in [2.24, 2.45) is 5.92 Å². The van der Waals surface area contributed by atoms with Gasteiger partial charge >= 0.3 is 5.97 Å². The summed E-state index contributed by atoms with van der Waals surface area (Å²) in [7, 11) is -0.0563. The molecule has 0 heterocycles. The molecule has 1 aromatic rings. The first kappa shape index (κ1) is 20.3. The van der Waals surface area contributed by atoms with Crippen LogP contribution < -0.4 is 5.32 Å². The predicted molar refractivity (Wildman–Crippen MR) is 91.7 cm³/mol. The number of carbonyl (C=O) groups excluding carboxylic acids is 2. The third-order valence-electron chi connectivity index (χ3n) is 3.40. The molecule has 134 valence electrons. The predicted octanol–water partition coefficient (Wildman–Crippen LogP) is 1.25. The largest absolute Gasteiger partial charge is 0.467 e. The fourth-order valence-electron chi connectivity index (χ4n) is 2.13. The second-order valence-electron chi connectivity index (χ2n) is 5.88. The van der Waals surface area contributed by atoms with E-state index >= 15 is 0 Å². The lowest BCUT2D eigenvalue weighted by Gasteiger charge is -2.19. The number of rotatable bonds is 9. The number of aliphatic hydroxyl groups excluding tert-OH is 1. The van der Waals surface area contributed by atoms with E-state index in [1.54, 1.807) is 24.3 Å². The molecular weight excluding hydrogens is 330 g/mol. The van der Waals surface area contributed by atoms with Crippen LogP contribution >= 0.6 is 0 Å². The maximum absolute atomic E-state index is 12.2. The molecule has 0 aliphatic rings. The van der Waals surface area contributed by atoms with Gasteiger partial charge in [-0.15, -0.1) is 0 Å². The molecule has 1 rings (SSSR count). The van der Waals surface area contributed by atoms with Gasteiger partial charge in [0.15, 0.2) is 0 Å². The van der Waals surface area contributed by atoms with Crippen LogP contribution in [0.3, 0.4) is 0 Å². The minimum absolute atomic E-state index is 0.146. The van der Waals surface area contributed by atoms with Crippen molar-refractivity contribution < 1.29 is 23.6 Å². The summed E-state index contributed by atoms with van der Waals surface area (Å²) in [6, 6.07) is 7.96. The third kappa shape index (κ3) is 6.80. The summed E-state index contributed by atoms with van der Waals surface area (Å²) >= 11 is 0. The van der Waals surface area contributed by atoms with Crippen LogP contribution in [0.15, 0.2) is 35.2 Å². The van der Waals surface area contributed by atoms with E-state index in [0.717, 1.165) is 0 Å². The molecule has 0 radical (unpaired) electrons. The normalized spacial score (nSPS) is 14.7. The van der Waals surface area contributed by atoms with E-state index in [4.69, 9.17) is 0 Å². The number of nitrogens with one attached hydrogen (secondary N) is 1. The molecule has 3 atom stereocenters. The fraction of sp³-hybridized carbons (Fsp3) is 0.529. The summed E-state index contributed by atoms with van der Waals surface area (Å²) in [5.41, 5.74) is 0. The summed E-state index contributed by atoms with van der Waals surface area (Å²) in [4.78, 5) is 24.5. The van der Waals surface area contributed by atoms with E-state index in [0.29, 0.717) is 11.3 Å². The van der Waals surface area contributed by atoms with Gasteiger partial charge in [-0.3, -0.25) is 9.00 Å². The van der Waals surface area contributed by atoms with Crippen LogP contribution in [-0.2, 0) is 25.1 Å². The Morgan fingerprint density at radius 3 is 2.42 bits per heavy atom. The van der Waals surface area contributed by atoms with Crippen LogP contribution in [0, 0.1) is 5.92 Å². The average Bonchev–Trinajstić information content (AvgIpc) is 2.57. The van der Waals surface area contributed by atoms with Gasteiger partial charge in [-0.25, -0.2) is 4.79 Å². The van der Waals surface area contributed by atoms with Crippen molar-refractivity contribution in [3.05, 3.63) is 30.3 Å². The molecule has 0 aromatic heterocycles. The van der Waals surface area contributed by atoms with Crippen molar-refractivity contribution in [1.29, 1.82) is 0 Å². The summed E-state index contributed by atoms with van der Waals surface area (Å²) < 4.78 is 16.9. The van der Waals surface area contributed by atoms with Crippen LogP contribution in [0.1, 0.15) is 26.7 Å². The molecule has 1 amide bonds. The third-order valence-corrected chi connectivity index (χ3v) is 4.80. The Morgan fingerprint density at radius 1 is 1.25 bits per heavy atom.